The summed E-state index contributed by atoms with van der Waals surface area (Å²) >= 11 is 3.85. The van der Waals surface area contributed by atoms with Crippen LogP contribution in [0, 0.1) is 0 Å². The average molecular weight is 595 g/mol. The molecule has 0 N–H and O–H groups in total. The lowest BCUT2D eigenvalue weighted by Gasteiger charge is -2.34. The molecule has 3 aliphatic rings. The predicted molar refractivity (Wildman–Crippen MR) is 182 cm³/mol. The molecule has 0 saturated carbocycles. The summed E-state index contributed by atoms with van der Waals surface area (Å²) in [5, 5.41) is 5.72. The lowest BCUT2D eigenvalue weighted by molar-refractivity contribution is 0.271. The number of benzene rings is 6. The van der Waals surface area contributed by atoms with Crippen LogP contribution in [-0.4, -0.2) is 28.8 Å². The molecule has 1 aliphatic carbocycles. The minimum atomic E-state index is -0.493. The van der Waals surface area contributed by atoms with Crippen LogP contribution in [0.1, 0.15) is 28.7 Å². The van der Waals surface area contributed by atoms with Gasteiger partial charge in [0.1, 0.15) is 23.5 Å². The summed E-state index contributed by atoms with van der Waals surface area (Å²) in [7, 11) is 0. The molecule has 0 radical (unpaired) electrons. The van der Waals surface area contributed by atoms with Crippen LogP contribution in [0.2, 0.25) is 0 Å². The lowest BCUT2D eigenvalue weighted by Crippen LogP contribution is -2.28. The molecule has 43 heavy (non-hydrogen) atoms. The summed E-state index contributed by atoms with van der Waals surface area (Å²) in [6, 6.07) is 44.9. The van der Waals surface area contributed by atoms with Gasteiger partial charge in [0.05, 0.1) is 5.41 Å². The van der Waals surface area contributed by atoms with Crippen LogP contribution in [0.15, 0.2) is 121 Å². The minimum absolute atomic E-state index is 0.270. The first kappa shape index (κ1) is 25.6. The van der Waals surface area contributed by atoms with Gasteiger partial charge in [-0.15, -0.1) is 11.8 Å². The fourth-order valence-corrected chi connectivity index (χ4v) is 7.97. The zero-order valence-corrected chi connectivity index (χ0v) is 25.3. The summed E-state index contributed by atoms with van der Waals surface area (Å²) in [4.78, 5) is 0. The quantitative estimate of drug-likeness (QED) is 0.171. The topological polar surface area (TPSA) is 18.5 Å². The normalized spacial score (nSPS) is 21.7. The van der Waals surface area contributed by atoms with Crippen molar-refractivity contribution in [2.45, 2.75) is 22.5 Å². The van der Waals surface area contributed by atoms with Crippen LogP contribution in [0.4, 0.5) is 0 Å². The van der Waals surface area contributed by atoms with Gasteiger partial charge >= 0.3 is 0 Å². The summed E-state index contributed by atoms with van der Waals surface area (Å²) < 4.78 is 12.4. The van der Waals surface area contributed by atoms with Crippen molar-refractivity contribution in [3.05, 3.63) is 144 Å². The monoisotopic (exact) mass is 594 g/mol. The van der Waals surface area contributed by atoms with Gasteiger partial charge in [-0.05, 0) is 91.3 Å². The number of hydrogen-bond donors (Lipinski definition) is 0. The summed E-state index contributed by atoms with van der Waals surface area (Å²) in [6.07, 6.45) is 1.12. The molecular formula is C39H30O2S2. The Morgan fingerprint density at radius 2 is 1.30 bits per heavy atom. The molecule has 2 heterocycles. The maximum Gasteiger partial charge on any atom is 0.145 e. The zero-order chi connectivity index (χ0) is 28.4. The number of hydrogen-bond acceptors (Lipinski definition) is 4. The highest BCUT2D eigenvalue weighted by atomic mass is 32.2. The Kier molecular flexibility index (Phi) is 6.02. The largest absolute Gasteiger partial charge is 0.492 e. The summed E-state index contributed by atoms with van der Waals surface area (Å²) in [5.74, 6) is 4.26. The van der Waals surface area contributed by atoms with Crippen molar-refractivity contribution in [1.82, 2.24) is 0 Å². The highest BCUT2D eigenvalue weighted by Gasteiger charge is 2.47. The van der Waals surface area contributed by atoms with Crippen LogP contribution < -0.4 is 9.47 Å². The number of ether oxygens (including phenoxy) is 2. The molecule has 0 spiro atoms. The highest BCUT2D eigenvalue weighted by molar-refractivity contribution is 8.06. The highest BCUT2D eigenvalue weighted by Crippen LogP contribution is 2.58. The van der Waals surface area contributed by atoms with Crippen molar-refractivity contribution in [3.8, 4) is 22.6 Å². The predicted octanol–water partition coefficient (Wildman–Crippen LogP) is 9.69. The van der Waals surface area contributed by atoms with Crippen molar-refractivity contribution in [1.29, 1.82) is 0 Å². The Morgan fingerprint density at radius 3 is 1.98 bits per heavy atom. The molecule has 3 unspecified atom stereocenters. The molecule has 4 heteroatoms. The third-order valence-corrected chi connectivity index (χ3v) is 11.3. The van der Waals surface area contributed by atoms with E-state index in [2.05, 4.69) is 121 Å². The number of rotatable bonds is 7. The second-order valence-electron chi connectivity index (χ2n) is 11.7. The summed E-state index contributed by atoms with van der Waals surface area (Å²) in [5.41, 5.74) is 7.55. The minimum Gasteiger partial charge on any atom is -0.492 e. The van der Waals surface area contributed by atoms with Gasteiger partial charge in [-0.2, -0.15) is 11.8 Å². The van der Waals surface area contributed by atoms with E-state index in [1.807, 2.05) is 23.5 Å². The molecule has 3 atom stereocenters. The van der Waals surface area contributed by atoms with E-state index in [0.29, 0.717) is 5.25 Å². The van der Waals surface area contributed by atoms with E-state index < -0.39 is 5.41 Å². The van der Waals surface area contributed by atoms with Gasteiger partial charge in [0.25, 0.3) is 0 Å². The second kappa shape index (κ2) is 10.1. The van der Waals surface area contributed by atoms with Crippen molar-refractivity contribution >= 4 is 45.1 Å². The van der Waals surface area contributed by atoms with Gasteiger partial charge in [0.15, 0.2) is 0 Å². The zero-order valence-electron chi connectivity index (χ0n) is 23.7. The average Bonchev–Trinajstić information content (AvgIpc) is 3.83. The Bertz CT molecular complexity index is 1990. The van der Waals surface area contributed by atoms with Crippen molar-refractivity contribution in [2.24, 2.45) is 0 Å². The van der Waals surface area contributed by atoms with E-state index in [1.165, 1.54) is 66.4 Å². The first-order valence-corrected chi connectivity index (χ1v) is 17.2. The molecule has 2 aliphatic heterocycles. The van der Waals surface area contributed by atoms with Gasteiger partial charge in [0, 0.05) is 23.2 Å². The molecule has 2 nitrogen and oxygen atoms in total. The third-order valence-electron chi connectivity index (χ3n) is 9.23. The van der Waals surface area contributed by atoms with Crippen LogP contribution in [0.5, 0.6) is 11.5 Å². The molecule has 2 saturated heterocycles. The smallest absolute Gasteiger partial charge is 0.145 e. The van der Waals surface area contributed by atoms with Crippen LogP contribution >= 0.6 is 23.5 Å². The third kappa shape index (κ3) is 4.18. The van der Waals surface area contributed by atoms with E-state index in [9.17, 15) is 0 Å². The second-order valence-corrected chi connectivity index (χ2v) is 14.3. The Balaban J connectivity index is 1.31. The molecular weight excluding hydrogens is 565 g/mol. The molecule has 9 rings (SSSR count). The first-order valence-electron chi connectivity index (χ1n) is 15.1. The van der Waals surface area contributed by atoms with Crippen molar-refractivity contribution in [3.63, 3.8) is 0 Å². The Morgan fingerprint density at radius 1 is 0.651 bits per heavy atom. The molecule has 6 aromatic rings. The molecule has 2 fully saturated rings. The maximum atomic E-state index is 6.27. The van der Waals surface area contributed by atoms with Crippen LogP contribution in [-0.2, 0) is 5.41 Å². The lowest BCUT2D eigenvalue weighted by atomic mass is 9.67. The van der Waals surface area contributed by atoms with Gasteiger partial charge in [0.2, 0.25) is 0 Å². The van der Waals surface area contributed by atoms with Crippen LogP contribution in [0.25, 0.3) is 32.7 Å². The van der Waals surface area contributed by atoms with Crippen LogP contribution in [0.3, 0.4) is 0 Å². The number of thioether (sulfide) groups is 2. The first-order chi connectivity index (χ1) is 21.3. The number of fused-ring (bicyclic) bond motifs is 6. The molecule has 0 aromatic heterocycles. The molecule has 0 amide bonds. The van der Waals surface area contributed by atoms with E-state index >= 15 is 0 Å². The summed E-state index contributed by atoms with van der Waals surface area (Å²) in [6.45, 7) is 0.777. The van der Waals surface area contributed by atoms with Gasteiger partial charge in [-0.1, -0.05) is 84.9 Å². The maximum absolute atomic E-state index is 6.27. The van der Waals surface area contributed by atoms with Gasteiger partial charge in [-0.3, -0.25) is 0 Å². The standard InChI is InChI=1S/C39H30O2S2/c1-2-7-27-22-36-34(21-26(27)6-1)38-33-8-4-3-5-25(33)9-18-35(38)39(36,28-10-14-30(15-11-28)40-23-32-24-43-32)29-12-16-31(17-13-29)41-37-19-20-42-37/h1-18,21-22,32,37H,19-20,23-24H2. The Labute approximate surface area is 260 Å². The fourth-order valence-electron chi connectivity index (χ4n) is 6.96. The van der Waals surface area contributed by atoms with Gasteiger partial charge in [-0.25, -0.2) is 0 Å². The van der Waals surface area contributed by atoms with Gasteiger partial charge < -0.3 is 9.47 Å². The van der Waals surface area contributed by atoms with Crippen molar-refractivity contribution in [2.75, 3.05) is 18.1 Å². The molecule has 210 valence electrons. The molecule has 0 bridgehead atoms. The molecule has 6 aromatic carbocycles. The van der Waals surface area contributed by atoms with Crippen molar-refractivity contribution < 1.29 is 9.47 Å². The Hall–Kier alpha value is -3.86. The van der Waals surface area contributed by atoms with E-state index in [1.54, 1.807) is 0 Å². The SMILES string of the molecule is c1ccc2cc3c(cc2c1)-c1c(ccc2ccccc12)C3(c1ccc(OCC2CS2)cc1)c1ccc(OC2CCS2)cc1. The van der Waals surface area contributed by atoms with E-state index in [4.69, 9.17) is 9.47 Å². The van der Waals surface area contributed by atoms with E-state index in [-0.39, 0.29) is 5.44 Å². The van der Waals surface area contributed by atoms with E-state index in [0.717, 1.165) is 24.5 Å². The fraction of sp³-hybridized carbons (Fsp3) is 0.179.